The van der Waals surface area contributed by atoms with Crippen LogP contribution in [0.3, 0.4) is 0 Å². The molecule has 59 heavy (non-hydrogen) atoms. The Balaban J connectivity index is 0.000000211. The number of ether oxygens (including phenoxy) is 4. The van der Waals surface area contributed by atoms with Gasteiger partial charge in [-0.3, -0.25) is 14.3 Å². The zero-order valence-electron chi connectivity index (χ0n) is 34.2. The summed E-state index contributed by atoms with van der Waals surface area (Å²) < 4.78 is 28.1. The van der Waals surface area contributed by atoms with Crippen LogP contribution in [-0.4, -0.2) is 68.7 Å². The topological polar surface area (TPSA) is 209 Å². The molecule has 1 unspecified atom stereocenters. The van der Waals surface area contributed by atoms with Crippen molar-refractivity contribution in [3.8, 4) is 18.1 Å². The molecule has 2 aliphatic rings. The fourth-order valence-corrected chi connectivity index (χ4v) is 7.93. The number of carbonyl (C=O) groups is 2. The molecule has 0 radical (unpaired) electrons. The zero-order chi connectivity index (χ0) is 43.5. The second-order valence-electron chi connectivity index (χ2n) is 15.0. The molecule has 2 saturated heterocycles. The van der Waals surface area contributed by atoms with Crippen LogP contribution in [0.4, 0.5) is 0 Å². The van der Waals surface area contributed by atoms with Gasteiger partial charge in [0.25, 0.3) is 11.3 Å². The number of aromatic nitrogens is 4. The molecular weight excluding hydrogens is 840 g/mol. The SMILES string of the molecule is CC[C@H]1OC(Br)(C#N)[C@H](OC(=O)c2ccccc2)[C@@H]1C.CC[C@H]1O[C@@](C#N)(n2ccc(=O)[nH]c2=O)[C@H](OC(=O)c2ccccc2)[C@@H]1C.Cc1ccnc(O[Si](C)(C)C)n1. The highest BCUT2D eigenvalue weighted by atomic mass is 79.9. The molecule has 1 N–H and O–H groups in total. The molecule has 0 saturated carbocycles. The summed E-state index contributed by atoms with van der Waals surface area (Å²) in [5, 5.41) is 19.2. The Hall–Kier alpha value is -5.46. The smallest absolute Gasteiger partial charge is 0.338 e. The first-order valence-corrected chi connectivity index (χ1v) is 23.3. The number of nitriles is 2. The van der Waals surface area contributed by atoms with Gasteiger partial charge >= 0.3 is 23.6 Å². The molecule has 312 valence electrons. The molecule has 0 bridgehead atoms. The summed E-state index contributed by atoms with van der Waals surface area (Å²) in [7, 11) is -1.55. The largest absolute Gasteiger partial charge is 0.518 e. The number of nitrogens with zero attached hydrogens (tertiary/aromatic N) is 5. The number of halogens is 1. The fraction of sp³-hybridized carbons (Fsp3) is 0.429. The normalized spacial score (nSPS) is 25.7. The Kier molecular flexibility index (Phi) is 15.7. The highest BCUT2D eigenvalue weighted by Crippen LogP contribution is 2.43. The maximum absolute atomic E-state index is 12.6. The maximum atomic E-state index is 12.6. The summed E-state index contributed by atoms with van der Waals surface area (Å²) in [5.41, 5.74) is -1.55. The average molecular weight is 890 g/mol. The van der Waals surface area contributed by atoms with Gasteiger partial charge < -0.3 is 23.4 Å². The van der Waals surface area contributed by atoms with E-state index in [2.05, 4.69) is 56.6 Å². The summed E-state index contributed by atoms with van der Waals surface area (Å²) >= 11 is 3.27. The first-order valence-electron chi connectivity index (χ1n) is 19.1. The van der Waals surface area contributed by atoms with E-state index in [1.54, 1.807) is 67.7 Å². The van der Waals surface area contributed by atoms with Crippen molar-refractivity contribution in [2.75, 3.05) is 0 Å². The number of nitrogens with one attached hydrogen (secondary N) is 1. The number of aromatic amines is 1. The van der Waals surface area contributed by atoms with Gasteiger partial charge in [0.2, 0.25) is 12.8 Å². The Morgan fingerprint density at radius 3 is 1.85 bits per heavy atom. The molecule has 2 fully saturated rings. The lowest BCUT2D eigenvalue weighted by molar-refractivity contribution is -0.105. The molecule has 2 aliphatic heterocycles. The summed E-state index contributed by atoms with van der Waals surface area (Å²) in [6.45, 7) is 15.8. The molecule has 0 aliphatic carbocycles. The monoisotopic (exact) mass is 888 g/mol. The van der Waals surface area contributed by atoms with Gasteiger partial charge in [0.1, 0.15) is 12.1 Å². The van der Waals surface area contributed by atoms with Crippen molar-refractivity contribution < 1.29 is 33.0 Å². The van der Waals surface area contributed by atoms with E-state index >= 15 is 0 Å². The van der Waals surface area contributed by atoms with Crippen LogP contribution < -0.4 is 15.7 Å². The number of aryl methyl sites for hydroxylation is 1. The summed E-state index contributed by atoms with van der Waals surface area (Å²) in [6.07, 6.45) is 2.03. The van der Waals surface area contributed by atoms with E-state index < -0.39 is 60.1 Å². The van der Waals surface area contributed by atoms with Gasteiger partial charge in [-0.2, -0.15) is 10.5 Å². The van der Waals surface area contributed by atoms with Gasteiger partial charge in [-0.05, 0) is 85.7 Å². The summed E-state index contributed by atoms with van der Waals surface area (Å²) in [4.78, 5) is 58.7. The Morgan fingerprint density at radius 1 is 0.847 bits per heavy atom. The molecule has 17 heteroatoms. The Morgan fingerprint density at radius 2 is 1.37 bits per heavy atom. The van der Waals surface area contributed by atoms with E-state index in [9.17, 15) is 29.7 Å². The van der Waals surface area contributed by atoms with E-state index in [1.807, 2.05) is 45.9 Å². The van der Waals surface area contributed by atoms with Crippen LogP contribution in [0.2, 0.25) is 19.6 Å². The predicted octanol–water partition coefficient (Wildman–Crippen LogP) is 6.65. The average Bonchev–Trinajstić information content (AvgIpc) is 3.63. The number of esters is 2. The van der Waals surface area contributed by atoms with E-state index in [0.29, 0.717) is 23.6 Å². The van der Waals surface area contributed by atoms with Gasteiger partial charge in [0.05, 0.1) is 23.3 Å². The Bertz CT molecular complexity index is 2260. The number of H-pyrrole nitrogens is 1. The Labute approximate surface area is 352 Å². The van der Waals surface area contributed by atoms with Crippen LogP contribution in [0.15, 0.2) is 94.8 Å². The molecule has 2 aromatic heterocycles. The van der Waals surface area contributed by atoms with Crippen LogP contribution >= 0.6 is 15.9 Å². The number of alkyl halides is 1. The van der Waals surface area contributed by atoms with Crippen LogP contribution in [0.1, 0.15) is 66.9 Å². The van der Waals surface area contributed by atoms with Crippen molar-refractivity contribution in [1.29, 1.82) is 10.5 Å². The van der Waals surface area contributed by atoms with Gasteiger partial charge in [0, 0.05) is 36.0 Å². The third-order valence-electron chi connectivity index (χ3n) is 9.49. The van der Waals surface area contributed by atoms with Crippen LogP contribution in [0, 0.1) is 41.4 Å². The lowest BCUT2D eigenvalue weighted by atomic mass is 9.93. The predicted molar refractivity (Wildman–Crippen MR) is 223 cm³/mol. The van der Waals surface area contributed by atoms with Crippen molar-refractivity contribution in [2.24, 2.45) is 11.8 Å². The molecular formula is C42H49BrN6O9Si. The minimum Gasteiger partial charge on any atom is -0.518 e. The van der Waals surface area contributed by atoms with Gasteiger partial charge in [0.15, 0.2) is 12.2 Å². The molecule has 4 heterocycles. The van der Waals surface area contributed by atoms with Gasteiger partial charge in [-0.1, -0.05) is 64.1 Å². The molecule has 0 spiro atoms. The van der Waals surface area contributed by atoms with E-state index in [0.717, 1.165) is 22.7 Å². The molecule has 15 nitrogen and oxygen atoms in total. The van der Waals surface area contributed by atoms with Gasteiger partial charge in [-0.15, -0.1) is 0 Å². The fourth-order valence-electron chi connectivity index (χ4n) is 6.54. The van der Waals surface area contributed by atoms with Crippen LogP contribution in [-0.2, 0) is 24.7 Å². The standard InChI is InChI=1S/C19H19N3O5.C15H16BrNO3.C8H14N2OSi/c1-3-14-12(2)16(26-17(24)13-7-5-4-6-8-13)19(11-20,27-14)22-10-9-15(23)21-18(22)25;1-3-12-10(2)13(15(16,9-17)20-12)19-14(18)11-7-5-4-6-8-11;1-7-5-6-9-8(10-7)11-12(2,3)4/h4-10,12,14,16H,3H2,1-2H3,(H,21,23,25);4-8,10,12-13H,3H2,1-2H3;5-6H,1-4H3/t12-,14-,16-,19-;10-,12-,13-,15?;/m11./s1. The summed E-state index contributed by atoms with van der Waals surface area (Å²) in [6, 6.07) is 24.6. The second kappa shape index (κ2) is 20.0. The molecule has 0 amide bonds. The lowest BCUT2D eigenvalue weighted by Gasteiger charge is -2.29. The first kappa shape index (κ1) is 46.2. The van der Waals surface area contributed by atoms with E-state index in [4.69, 9.17) is 23.4 Å². The number of rotatable bonds is 9. The minimum absolute atomic E-state index is 0.0494. The van der Waals surface area contributed by atoms with Gasteiger partial charge in [-0.25, -0.2) is 24.4 Å². The highest BCUT2D eigenvalue weighted by molar-refractivity contribution is 9.10. The number of hydrogen-bond acceptors (Lipinski definition) is 13. The number of benzene rings is 2. The maximum Gasteiger partial charge on any atom is 0.338 e. The molecule has 4 aromatic rings. The second-order valence-corrected chi connectivity index (χ2v) is 20.6. The third kappa shape index (κ3) is 11.4. The molecule has 2 aromatic carbocycles. The molecule has 6 rings (SSSR count). The van der Waals surface area contributed by atoms with Crippen molar-refractivity contribution in [1.82, 2.24) is 19.5 Å². The highest BCUT2D eigenvalue weighted by Gasteiger charge is 2.58. The van der Waals surface area contributed by atoms with Crippen molar-refractivity contribution in [2.45, 2.75) is 102 Å². The van der Waals surface area contributed by atoms with Crippen molar-refractivity contribution >= 4 is 36.2 Å². The summed E-state index contributed by atoms with van der Waals surface area (Å²) in [5.74, 6) is -1.46. The lowest BCUT2D eigenvalue weighted by Crippen LogP contribution is -2.51. The minimum atomic E-state index is -1.87. The number of carbonyl (C=O) groups excluding carboxylic acids is 2. The first-order chi connectivity index (χ1) is 27.9. The van der Waals surface area contributed by atoms with E-state index in [1.165, 1.54) is 6.20 Å². The number of hydrogen-bond donors (Lipinski definition) is 1. The van der Waals surface area contributed by atoms with Crippen LogP contribution in [0.25, 0.3) is 0 Å². The zero-order valence-corrected chi connectivity index (χ0v) is 36.8. The van der Waals surface area contributed by atoms with Crippen LogP contribution in [0.5, 0.6) is 6.01 Å². The quantitative estimate of drug-likeness (QED) is 0.106. The molecule has 8 atom stereocenters. The van der Waals surface area contributed by atoms with E-state index in [-0.39, 0.29) is 17.9 Å². The van der Waals surface area contributed by atoms with Crippen molar-refractivity contribution in [3.63, 3.8) is 0 Å². The van der Waals surface area contributed by atoms with Crippen molar-refractivity contribution in [3.05, 3.63) is 123 Å². The third-order valence-corrected chi connectivity index (χ3v) is 11.1.